The molecule has 1 aromatic carbocycles. The van der Waals surface area contributed by atoms with Crippen molar-refractivity contribution in [1.29, 1.82) is 0 Å². The second kappa shape index (κ2) is 6.00. The molecular formula is C19H23FN2O3. The Balaban J connectivity index is 1.49. The molecule has 4 rings (SSSR count). The van der Waals surface area contributed by atoms with Crippen molar-refractivity contribution in [2.75, 3.05) is 13.1 Å². The lowest BCUT2D eigenvalue weighted by atomic mass is 9.81. The van der Waals surface area contributed by atoms with Crippen LogP contribution >= 0.6 is 0 Å². The fourth-order valence-electron chi connectivity index (χ4n) is 4.95. The number of carbonyl (C=O) groups is 2. The van der Waals surface area contributed by atoms with Gasteiger partial charge in [0.25, 0.3) is 0 Å². The predicted octanol–water partition coefficient (Wildman–Crippen LogP) is 3.10. The summed E-state index contributed by atoms with van der Waals surface area (Å²) in [5.74, 6) is -1.03. The molecular weight excluding hydrogens is 323 g/mol. The molecule has 1 aromatic rings. The molecule has 0 radical (unpaired) electrons. The Hall–Kier alpha value is -2.11. The van der Waals surface area contributed by atoms with Crippen LogP contribution in [0.4, 0.5) is 9.18 Å². The maximum absolute atomic E-state index is 13.6. The quantitative estimate of drug-likeness (QED) is 0.864. The number of benzene rings is 1. The summed E-state index contributed by atoms with van der Waals surface area (Å²) in [4.78, 5) is 26.1. The van der Waals surface area contributed by atoms with Crippen LogP contribution in [-0.4, -0.2) is 35.1 Å². The number of carboxylic acid groups (broad SMARTS) is 1. The number of aryl methyl sites for hydroxylation is 1. The Morgan fingerprint density at radius 3 is 2.88 bits per heavy atom. The van der Waals surface area contributed by atoms with Gasteiger partial charge in [-0.1, -0.05) is 12.5 Å². The van der Waals surface area contributed by atoms with Gasteiger partial charge in [-0.05, 0) is 61.3 Å². The summed E-state index contributed by atoms with van der Waals surface area (Å²) in [6.45, 7) is 0.780. The Kier molecular flexibility index (Phi) is 3.93. The van der Waals surface area contributed by atoms with E-state index in [2.05, 4.69) is 5.32 Å². The summed E-state index contributed by atoms with van der Waals surface area (Å²) in [6.07, 6.45) is 5.06. The summed E-state index contributed by atoms with van der Waals surface area (Å²) < 4.78 is 13.6. The second-order valence-electron chi connectivity index (χ2n) is 7.67. The average molecular weight is 346 g/mol. The lowest BCUT2D eigenvalue weighted by Crippen LogP contribution is -2.43. The minimum atomic E-state index is -0.782. The number of urea groups is 1. The van der Waals surface area contributed by atoms with E-state index in [0.717, 1.165) is 43.2 Å². The number of likely N-dealkylation sites (tertiary alicyclic amines) is 1. The number of hydrogen-bond acceptors (Lipinski definition) is 2. The number of carboxylic acids is 1. The van der Waals surface area contributed by atoms with Gasteiger partial charge in [0.2, 0.25) is 0 Å². The molecule has 0 unspecified atom stereocenters. The third-order valence-corrected chi connectivity index (χ3v) is 6.30. The SMILES string of the molecule is O=C(N[C@H]1CCCc2ccc(F)cc21)N1C[C@@H]2CCC[C@@]2(C(=O)O)C1. The molecule has 1 aliphatic heterocycles. The molecule has 25 heavy (non-hydrogen) atoms. The molecule has 134 valence electrons. The van der Waals surface area contributed by atoms with E-state index in [9.17, 15) is 19.1 Å². The highest BCUT2D eigenvalue weighted by atomic mass is 19.1. The zero-order valence-electron chi connectivity index (χ0n) is 14.1. The molecule has 2 N–H and O–H groups in total. The summed E-state index contributed by atoms with van der Waals surface area (Å²) >= 11 is 0. The number of aliphatic carboxylic acids is 1. The number of halogens is 1. The van der Waals surface area contributed by atoms with E-state index in [1.165, 1.54) is 12.1 Å². The van der Waals surface area contributed by atoms with Gasteiger partial charge in [-0.2, -0.15) is 0 Å². The van der Waals surface area contributed by atoms with Crippen molar-refractivity contribution >= 4 is 12.0 Å². The standard InChI is InChI=1S/C19H23FN2O3/c20-14-7-6-12-3-1-5-16(15(12)9-14)21-18(25)22-10-13-4-2-8-19(13,11-22)17(23)24/h6-7,9,13,16H,1-5,8,10-11H2,(H,21,25)(H,23,24)/t13-,16-,19+/m0/s1. The molecule has 2 amide bonds. The molecule has 6 heteroatoms. The summed E-state index contributed by atoms with van der Waals surface area (Å²) in [7, 11) is 0. The van der Waals surface area contributed by atoms with Crippen molar-refractivity contribution in [2.45, 2.75) is 44.6 Å². The summed E-state index contributed by atoms with van der Waals surface area (Å²) in [6, 6.07) is 4.34. The Bertz CT molecular complexity index is 723. The van der Waals surface area contributed by atoms with E-state index < -0.39 is 11.4 Å². The number of nitrogens with one attached hydrogen (secondary N) is 1. The monoisotopic (exact) mass is 346 g/mol. The lowest BCUT2D eigenvalue weighted by molar-refractivity contribution is -0.149. The Morgan fingerprint density at radius 1 is 1.28 bits per heavy atom. The zero-order valence-corrected chi connectivity index (χ0v) is 14.1. The van der Waals surface area contributed by atoms with Crippen LogP contribution in [0.5, 0.6) is 0 Å². The Labute approximate surface area is 146 Å². The van der Waals surface area contributed by atoms with E-state index in [1.807, 2.05) is 0 Å². The maximum Gasteiger partial charge on any atom is 0.317 e. The highest BCUT2D eigenvalue weighted by molar-refractivity contribution is 5.80. The highest BCUT2D eigenvalue weighted by Gasteiger charge is 2.55. The van der Waals surface area contributed by atoms with Crippen molar-refractivity contribution < 1.29 is 19.1 Å². The number of rotatable bonds is 2. The van der Waals surface area contributed by atoms with E-state index in [-0.39, 0.29) is 30.4 Å². The predicted molar refractivity (Wildman–Crippen MR) is 89.6 cm³/mol. The number of fused-ring (bicyclic) bond motifs is 2. The molecule has 2 fully saturated rings. The molecule has 2 aliphatic carbocycles. The fraction of sp³-hybridized carbons (Fsp3) is 0.579. The highest BCUT2D eigenvalue weighted by Crippen LogP contribution is 2.49. The van der Waals surface area contributed by atoms with Crippen LogP contribution in [0, 0.1) is 17.2 Å². The van der Waals surface area contributed by atoms with Crippen molar-refractivity contribution in [2.24, 2.45) is 11.3 Å². The Morgan fingerprint density at radius 2 is 2.12 bits per heavy atom. The van der Waals surface area contributed by atoms with Crippen LogP contribution < -0.4 is 5.32 Å². The van der Waals surface area contributed by atoms with E-state index >= 15 is 0 Å². The molecule has 1 saturated carbocycles. The number of carbonyl (C=O) groups excluding carboxylic acids is 1. The van der Waals surface area contributed by atoms with Gasteiger partial charge in [0.05, 0.1) is 11.5 Å². The van der Waals surface area contributed by atoms with Gasteiger partial charge in [-0.3, -0.25) is 4.79 Å². The number of nitrogens with zero attached hydrogens (tertiary/aromatic N) is 1. The third-order valence-electron chi connectivity index (χ3n) is 6.30. The maximum atomic E-state index is 13.6. The van der Waals surface area contributed by atoms with E-state index in [1.54, 1.807) is 11.0 Å². The fourth-order valence-corrected chi connectivity index (χ4v) is 4.95. The second-order valence-corrected chi connectivity index (χ2v) is 7.67. The molecule has 3 aliphatic rings. The van der Waals surface area contributed by atoms with Crippen LogP contribution in [0.15, 0.2) is 18.2 Å². The molecule has 5 nitrogen and oxygen atoms in total. The van der Waals surface area contributed by atoms with Crippen molar-refractivity contribution in [3.63, 3.8) is 0 Å². The normalized spacial score (nSPS) is 30.7. The van der Waals surface area contributed by atoms with Gasteiger partial charge in [-0.25, -0.2) is 9.18 Å². The summed E-state index contributed by atoms with van der Waals surface area (Å²) in [5.41, 5.74) is 1.17. The van der Waals surface area contributed by atoms with Gasteiger partial charge < -0.3 is 15.3 Å². The van der Waals surface area contributed by atoms with Gasteiger partial charge in [0, 0.05) is 13.1 Å². The minimum Gasteiger partial charge on any atom is -0.481 e. The minimum absolute atomic E-state index is 0.0480. The molecule has 0 aromatic heterocycles. The molecule has 3 atom stereocenters. The van der Waals surface area contributed by atoms with Crippen LogP contribution in [0.1, 0.15) is 49.3 Å². The van der Waals surface area contributed by atoms with Gasteiger partial charge in [-0.15, -0.1) is 0 Å². The molecule has 0 bridgehead atoms. The van der Waals surface area contributed by atoms with Crippen LogP contribution in [0.25, 0.3) is 0 Å². The first-order valence-electron chi connectivity index (χ1n) is 9.07. The first-order valence-corrected chi connectivity index (χ1v) is 9.07. The first kappa shape index (κ1) is 16.4. The van der Waals surface area contributed by atoms with Crippen LogP contribution in [0.2, 0.25) is 0 Å². The molecule has 1 heterocycles. The van der Waals surface area contributed by atoms with Gasteiger partial charge >= 0.3 is 12.0 Å². The molecule has 0 spiro atoms. The number of hydrogen-bond donors (Lipinski definition) is 2. The van der Waals surface area contributed by atoms with Gasteiger partial charge in [0.1, 0.15) is 5.82 Å². The largest absolute Gasteiger partial charge is 0.481 e. The third kappa shape index (κ3) is 2.68. The molecule has 1 saturated heterocycles. The van der Waals surface area contributed by atoms with Crippen molar-refractivity contribution in [1.82, 2.24) is 10.2 Å². The van der Waals surface area contributed by atoms with Gasteiger partial charge in [0.15, 0.2) is 0 Å². The first-order chi connectivity index (χ1) is 12.0. The summed E-state index contributed by atoms with van der Waals surface area (Å²) in [5, 5.41) is 12.7. The van der Waals surface area contributed by atoms with Crippen molar-refractivity contribution in [3.05, 3.63) is 35.1 Å². The average Bonchev–Trinajstić information content (AvgIpc) is 3.13. The van der Waals surface area contributed by atoms with Crippen LogP contribution in [-0.2, 0) is 11.2 Å². The number of amides is 2. The topological polar surface area (TPSA) is 69.6 Å². The smallest absolute Gasteiger partial charge is 0.317 e. The van der Waals surface area contributed by atoms with E-state index in [0.29, 0.717) is 13.0 Å². The van der Waals surface area contributed by atoms with E-state index in [4.69, 9.17) is 0 Å². The van der Waals surface area contributed by atoms with Crippen LogP contribution in [0.3, 0.4) is 0 Å². The lowest BCUT2D eigenvalue weighted by Gasteiger charge is -2.29. The van der Waals surface area contributed by atoms with Crippen molar-refractivity contribution in [3.8, 4) is 0 Å². The zero-order chi connectivity index (χ0) is 17.6.